The van der Waals surface area contributed by atoms with Gasteiger partial charge in [0.05, 0.1) is 12.6 Å². The molecule has 2 aromatic rings. The van der Waals surface area contributed by atoms with Gasteiger partial charge in [-0.05, 0) is 29.8 Å². The number of alkyl halides is 3. The molecule has 0 unspecified atom stereocenters. The topological polar surface area (TPSA) is 83.5 Å². The summed E-state index contributed by atoms with van der Waals surface area (Å²) >= 11 is 5.82. The van der Waals surface area contributed by atoms with E-state index in [2.05, 4.69) is 20.4 Å². The summed E-state index contributed by atoms with van der Waals surface area (Å²) in [6.07, 6.45) is -3.27. The largest absolute Gasteiger partial charge is 0.468 e. The smallest absolute Gasteiger partial charge is 0.422 e. The zero-order chi connectivity index (χ0) is 19.2. The Morgan fingerprint density at radius 3 is 2.73 bits per heavy atom. The summed E-state index contributed by atoms with van der Waals surface area (Å²) in [5.74, 6) is -0.268. The summed E-state index contributed by atoms with van der Waals surface area (Å²) < 4.78 is 41.2. The van der Waals surface area contributed by atoms with E-state index in [0.717, 1.165) is 0 Å². The van der Waals surface area contributed by atoms with E-state index in [-0.39, 0.29) is 5.88 Å². The average Bonchev–Trinajstić information content (AvgIpc) is 2.57. The molecule has 1 heterocycles. The Balaban J connectivity index is 2.02. The van der Waals surface area contributed by atoms with E-state index in [1.165, 1.54) is 24.4 Å². The molecule has 0 fully saturated rings. The van der Waals surface area contributed by atoms with Gasteiger partial charge in [-0.2, -0.15) is 13.2 Å². The van der Waals surface area contributed by atoms with Crippen LogP contribution in [0.4, 0.5) is 23.7 Å². The van der Waals surface area contributed by atoms with Crippen molar-refractivity contribution in [3.8, 4) is 5.88 Å². The van der Waals surface area contributed by atoms with Crippen LogP contribution in [-0.4, -0.2) is 35.5 Å². The number of hydrogen-bond acceptors (Lipinski definition) is 4. The lowest BCUT2D eigenvalue weighted by Gasteiger charge is -2.18. The number of aliphatic hydroxyl groups excluding tert-OH is 1. The molecule has 0 saturated carbocycles. The van der Waals surface area contributed by atoms with Gasteiger partial charge in [-0.25, -0.2) is 9.78 Å². The molecule has 1 aromatic carbocycles. The molecule has 3 N–H and O–H groups in total. The fraction of sp³-hybridized carbons (Fsp3) is 0.250. The SMILES string of the molecule is O=C(Nc1cccc(Cl)c1)N[C@H](CO)c1ccnc(OCC(F)(F)F)c1. The summed E-state index contributed by atoms with van der Waals surface area (Å²) in [5.41, 5.74) is 0.775. The lowest BCUT2D eigenvalue weighted by molar-refractivity contribution is -0.154. The molecule has 10 heteroatoms. The highest BCUT2D eigenvalue weighted by molar-refractivity contribution is 6.30. The minimum atomic E-state index is -4.50. The number of ether oxygens (including phenoxy) is 1. The number of nitrogens with zero attached hydrogens (tertiary/aromatic N) is 1. The molecular weight excluding hydrogens is 375 g/mol. The van der Waals surface area contributed by atoms with Gasteiger partial charge in [0.25, 0.3) is 0 Å². The maximum atomic E-state index is 12.2. The second-order valence-corrected chi connectivity index (χ2v) is 5.61. The standard InChI is InChI=1S/C16H15ClF3N3O3/c17-11-2-1-3-12(7-11)22-15(25)23-13(8-24)10-4-5-21-14(6-10)26-9-16(18,19)20/h1-7,13,24H,8-9H2,(H2,22,23,25)/t13-/m1/s1. The molecule has 0 spiro atoms. The van der Waals surface area contributed by atoms with Crippen molar-refractivity contribution in [1.82, 2.24) is 10.3 Å². The van der Waals surface area contributed by atoms with Crippen LogP contribution in [0.25, 0.3) is 0 Å². The number of urea groups is 1. The number of carbonyl (C=O) groups excluding carboxylic acids is 1. The first-order valence-corrected chi connectivity index (χ1v) is 7.74. The van der Waals surface area contributed by atoms with Gasteiger partial charge in [-0.3, -0.25) is 0 Å². The lowest BCUT2D eigenvalue weighted by atomic mass is 10.1. The summed E-state index contributed by atoms with van der Waals surface area (Å²) in [4.78, 5) is 15.7. The van der Waals surface area contributed by atoms with Crippen molar-refractivity contribution in [1.29, 1.82) is 0 Å². The van der Waals surface area contributed by atoms with Gasteiger partial charge < -0.3 is 20.5 Å². The molecule has 1 atom stereocenters. The number of aliphatic hydroxyl groups is 1. The van der Waals surface area contributed by atoms with Gasteiger partial charge in [0.1, 0.15) is 0 Å². The first-order chi connectivity index (χ1) is 12.3. The molecule has 6 nitrogen and oxygen atoms in total. The van der Waals surface area contributed by atoms with Crippen molar-refractivity contribution >= 4 is 23.3 Å². The van der Waals surface area contributed by atoms with Crippen LogP contribution in [0, 0.1) is 0 Å². The minimum Gasteiger partial charge on any atom is -0.468 e. The molecule has 0 aliphatic carbocycles. The van der Waals surface area contributed by atoms with Gasteiger partial charge >= 0.3 is 12.2 Å². The molecule has 140 valence electrons. The van der Waals surface area contributed by atoms with Gasteiger partial charge in [0.2, 0.25) is 5.88 Å². The molecular formula is C16H15ClF3N3O3. The Bertz CT molecular complexity index is 759. The van der Waals surface area contributed by atoms with Crippen LogP contribution in [0.15, 0.2) is 42.6 Å². The molecule has 0 aliphatic rings. The van der Waals surface area contributed by atoms with Gasteiger partial charge in [0, 0.05) is 23.0 Å². The van der Waals surface area contributed by atoms with E-state index in [9.17, 15) is 23.1 Å². The number of nitrogens with one attached hydrogen (secondary N) is 2. The van der Waals surface area contributed by atoms with Crippen molar-refractivity contribution < 1.29 is 27.8 Å². The number of aromatic nitrogens is 1. The van der Waals surface area contributed by atoms with Crippen molar-refractivity contribution in [2.75, 3.05) is 18.5 Å². The number of halogens is 4. The van der Waals surface area contributed by atoms with Gasteiger partial charge in [-0.1, -0.05) is 17.7 Å². The zero-order valence-corrected chi connectivity index (χ0v) is 14.0. The highest BCUT2D eigenvalue weighted by Gasteiger charge is 2.28. The predicted molar refractivity (Wildman–Crippen MR) is 89.2 cm³/mol. The maximum Gasteiger partial charge on any atom is 0.422 e. The summed E-state index contributed by atoms with van der Waals surface area (Å²) in [6.45, 7) is -1.97. The van der Waals surface area contributed by atoms with Crippen LogP contribution in [0.5, 0.6) is 5.88 Å². The van der Waals surface area contributed by atoms with Crippen LogP contribution < -0.4 is 15.4 Å². The van der Waals surface area contributed by atoms with Crippen LogP contribution >= 0.6 is 11.6 Å². The van der Waals surface area contributed by atoms with Crippen molar-refractivity contribution in [3.05, 3.63) is 53.2 Å². The monoisotopic (exact) mass is 389 g/mol. The van der Waals surface area contributed by atoms with Gasteiger partial charge in [-0.15, -0.1) is 0 Å². The highest BCUT2D eigenvalue weighted by atomic mass is 35.5. The summed E-state index contributed by atoms with van der Waals surface area (Å²) in [7, 11) is 0. The molecule has 0 saturated heterocycles. The predicted octanol–water partition coefficient (Wildman–Crippen LogP) is 3.53. The molecule has 26 heavy (non-hydrogen) atoms. The summed E-state index contributed by atoms with van der Waals surface area (Å²) in [6, 6.07) is 7.61. The molecule has 0 bridgehead atoms. The van der Waals surface area contributed by atoms with Crippen LogP contribution in [0.1, 0.15) is 11.6 Å². The second kappa shape index (κ2) is 8.72. The first-order valence-electron chi connectivity index (χ1n) is 7.36. The lowest BCUT2D eigenvalue weighted by Crippen LogP contribution is -2.34. The first kappa shape index (κ1) is 19.8. The van der Waals surface area contributed by atoms with E-state index >= 15 is 0 Å². The molecule has 2 rings (SSSR count). The Hall–Kier alpha value is -2.52. The van der Waals surface area contributed by atoms with Crippen molar-refractivity contribution in [2.45, 2.75) is 12.2 Å². The van der Waals surface area contributed by atoms with Gasteiger partial charge in [0.15, 0.2) is 6.61 Å². The number of benzene rings is 1. The number of carbonyl (C=O) groups is 1. The summed E-state index contributed by atoms with van der Waals surface area (Å²) in [5, 5.41) is 15.0. The number of rotatable bonds is 6. The number of amides is 2. The third kappa shape index (κ3) is 6.41. The highest BCUT2D eigenvalue weighted by Crippen LogP contribution is 2.21. The van der Waals surface area contributed by atoms with Crippen LogP contribution in [0.3, 0.4) is 0 Å². The number of pyridine rings is 1. The Morgan fingerprint density at radius 2 is 2.08 bits per heavy atom. The molecule has 1 aromatic heterocycles. The fourth-order valence-electron chi connectivity index (χ4n) is 2.00. The van der Waals surface area contributed by atoms with E-state index in [0.29, 0.717) is 16.3 Å². The third-order valence-corrected chi connectivity index (χ3v) is 3.35. The fourth-order valence-corrected chi connectivity index (χ4v) is 2.19. The molecule has 0 aliphatic heterocycles. The van der Waals surface area contributed by atoms with E-state index in [4.69, 9.17) is 11.6 Å². The Labute approximate surface area is 152 Å². The molecule has 2 amide bonds. The van der Waals surface area contributed by atoms with E-state index in [1.807, 2.05) is 0 Å². The van der Waals surface area contributed by atoms with Crippen LogP contribution in [-0.2, 0) is 0 Å². The van der Waals surface area contributed by atoms with E-state index in [1.54, 1.807) is 18.2 Å². The third-order valence-electron chi connectivity index (χ3n) is 3.12. The second-order valence-electron chi connectivity index (χ2n) is 5.18. The average molecular weight is 390 g/mol. The minimum absolute atomic E-state index is 0.268. The van der Waals surface area contributed by atoms with Crippen LogP contribution in [0.2, 0.25) is 5.02 Å². The van der Waals surface area contributed by atoms with Crippen molar-refractivity contribution in [3.63, 3.8) is 0 Å². The normalized spacial score (nSPS) is 12.3. The number of anilines is 1. The quantitative estimate of drug-likeness (QED) is 0.705. The Kier molecular flexibility index (Phi) is 6.64. The maximum absolute atomic E-state index is 12.2. The zero-order valence-electron chi connectivity index (χ0n) is 13.3. The number of hydrogen-bond donors (Lipinski definition) is 3. The van der Waals surface area contributed by atoms with E-state index < -0.39 is 31.5 Å². The van der Waals surface area contributed by atoms with Crippen molar-refractivity contribution in [2.24, 2.45) is 0 Å². The Morgan fingerprint density at radius 1 is 1.31 bits per heavy atom. The molecule has 0 radical (unpaired) electrons.